The van der Waals surface area contributed by atoms with Crippen molar-refractivity contribution in [2.45, 2.75) is 71.8 Å². The molecule has 0 amide bonds. The summed E-state index contributed by atoms with van der Waals surface area (Å²) >= 11 is 2.49. The van der Waals surface area contributed by atoms with Crippen LogP contribution in [0.5, 0.6) is 0 Å². The first-order chi connectivity index (χ1) is 9.69. The number of hydrogen-bond donors (Lipinski definition) is 0. The van der Waals surface area contributed by atoms with Gasteiger partial charge < -0.3 is 4.74 Å². The summed E-state index contributed by atoms with van der Waals surface area (Å²) in [6, 6.07) is 7.00. The van der Waals surface area contributed by atoms with Gasteiger partial charge in [-0.2, -0.15) is 0 Å². The van der Waals surface area contributed by atoms with Crippen LogP contribution in [0, 0.1) is 8.99 Å². The first kappa shape index (κ1) is 17.3. The molecular weight excluding hydrogens is 371 g/mol. The molecule has 0 N–H and O–H groups in total. The van der Waals surface area contributed by atoms with Crippen LogP contribution in [-0.4, -0.2) is 6.61 Å². The number of rotatable bonds is 3. The van der Waals surface area contributed by atoms with Crippen molar-refractivity contribution in [3.63, 3.8) is 0 Å². The highest BCUT2D eigenvalue weighted by atomic mass is 127. The molecule has 1 aromatic rings. The van der Waals surface area contributed by atoms with Crippen LogP contribution in [0.1, 0.15) is 77.5 Å². The van der Waals surface area contributed by atoms with Crippen molar-refractivity contribution < 1.29 is 4.74 Å². The van der Waals surface area contributed by atoms with E-state index in [0.717, 1.165) is 6.61 Å². The number of halogens is 1. The summed E-state index contributed by atoms with van der Waals surface area (Å²) in [6.07, 6.45) is 5.17. The monoisotopic (exact) mass is 400 g/mol. The van der Waals surface area contributed by atoms with E-state index >= 15 is 0 Å². The van der Waals surface area contributed by atoms with Gasteiger partial charge in [-0.1, -0.05) is 46.8 Å². The van der Waals surface area contributed by atoms with Crippen LogP contribution in [0.3, 0.4) is 0 Å². The highest BCUT2D eigenvalue weighted by molar-refractivity contribution is 14.1. The van der Waals surface area contributed by atoms with Crippen LogP contribution in [-0.2, 0) is 10.2 Å². The van der Waals surface area contributed by atoms with Crippen molar-refractivity contribution in [2.75, 3.05) is 6.61 Å². The first-order valence-corrected chi connectivity index (χ1v) is 9.18. The van der Waals surface area contributed by atoms with Crippen LogP contribution in [0.15, 0.2) is 18.2 Å². The molecule has 2 rings (SSSR count). The number of ether oxygens (including phenoxy) is 1. The number of hydrogen-bond acceptors (Lipinski definition) is 1. The van der Waals surface area contributed by atoms with E-state index in [1.807, 2.05) is 0 Å². The molecule has 118 valence electrons. The van der Waals surface area contributed by atoms with Crippen molar-refractivity contribution in [3.05, 3.63) is 32.9 Å². The predicted octanol–water partition coefficient (Wildman–Crippen LogP) is 6.25. The minimum atomic E-state index is 0.212. The maximum atomic E-state index is 5.95. The van der Waals surface area contributed by atoms with Gasteiger partial charge in [-0.3, -0.25) is 0 Å². The molecule has 0 aromatic heterocycles. The van der Waals surface area contributed by atoms with Crippen molar-refractivity contribution >= 4 is 22.6 Å². The van der Waals surface area contributed by atoms with E-state index in [9.17, 15) is 0 Å². The molecule has 1 aromatic carbocycles. The fourth-order valence-electron chi connectivity index (χ4n) is 3.62. The van der Waals surface area contributed by atoms with Gasteiger partial charge in [-0.25, -0.2) is 0 Å². The Morgan fingerprint density at radius 2 is 1.86 bits per heavy atom. The first-order valence-electron chi connectivity index (χ1n) is 8.11. The standard InChI is InChI=1S/C19H29IO/c1-18(2,3)13-19(4,5)14-9-10-15(16(20)12-14)17-8-6-7-11-21-17/h9-10,12,17H,6-8,11,13H2,1-5H3. The second-order valence-corrected chi connectivity index (χ2v) is 9.38. The zero-order valence-electron chi connectivity index (χ0n) is 14.1. The summed E-state index contributed by atoms with van der Waals surface area (Å²) in [6.45, 7) is 12.6. The van der Waals surface area contributed by atoms with Crippen LogP contribution in [0.2, 0.25) is 0 Å². The van der Waals surface area contributed by atoms with Crippen molar-refractivity contribution in [3.8, 4) is 0 Å². The molecule has 1 fully saturated rings. The summed E-state index contributed by atoms with van der Waals surface area (Å²) in [7, 11) is 0. The van der Waals surface area contributed by atoms with Gasteiger partial charge in [-0.05, 0) is 76.3 Å². The lowest BCUT2D eigenvalue weighted by atomic mass is 9.72. The smallest absolute Gasteiger partial charge is 0.0835 e. The lowest BCUT2D eigenvalue weighted by Gasteiger charge is -2.33. The molecule has 1 aliphatic heterocycles. The fourth-order valence-corrected chi connectivity index (χ4v) is 4.49. The maximum absolute atomic E-state index is 5.95. The van der Waals surface area contributed by atoms with Gasteiger partial charge in [-0.15, -0.1) is 0 Å². The molecule has 0 saturated carbocycles. The molecule has 0 radical (unpaired) electrons. The van der Waals surface area contributed by atoms with E-state index in [0.29, 0.717) is 11.5 Å². The Hall–Kier alpha value is -0.0900. The third kappa shape index (κ3) is 4.69. The molecule has 1 unspecified atom stereocenters. The third-order valence-electron chi connectivity index (χ3n) is 4.28. The molecule has 0 aliphatic carbocycles. The van der Waals surface area contributed by atoms with E-state index in [1.165, 1.54) is 40.4 Å². The van der Waals surface area contributed by atoms with Crippen molar-refractivity contribution in [2.24, 2.45) is 5.41 Å². The summed E-state index contributed by atoms with van der Waals surface area (Å²) in [5, 5.41) is 0. The van der Waals surface area contributed by atoms with Crippen molar-refractivity contribution in [1.82, 2.24) is 0 Å². The van der Waals surface area contributed by atoms with E-state index in [-0.39, 0.29) is 5.41 Å². The topological polar surface area (TPSA) is 9.23 Å². The highest BCUT2D eigenvalue weighted by Gasteiger charge is 2.28. The van der Waals surface area contributed by atoms with Gasteiger partial charge in [0, 0.05) is 10.2 Å². The average molecular weight is 400 g/mol. The Morgan fingerprint density at radius 3 is 2.38 bits per heavy atom. The minimum absolute atomic E-state index is 0.212. The molecule has 1 heterocycles. The minimum Gasteiger partial charge on any atom is -0.373 e. The fraction of sp³-hybridized carbons (Fsp3) is 0.684. The quantitative estimate of drug-likeness (QED) is 0.545. The zero-order chi connectivity index (χ0) is 15.7. The largest absolute Gasteiger partial charge is 0.373 e. The molecule has 0 bridgehead atoms. The molecule has 1 nitrogen and oxygen atoms in total. The Bertz CT molecular complexity index is 479. The average Bonchev–Trinajstić information content (AvgIpc) is 2.37. The molecule has 0 spiro atoms. The SMILES string of the molecule is CC(C)(C)CC(C)(C)c1ccc(C2CCCCO2)c(I)c1. The van der Waals surface area contributed by atoms with E-state index in [4.69, 9.17) is 4.74 Å². The maximum Gasteiger partial charge on any atom is 0.0835 e. The van der Waals surface area contributed by atoms with E-state index in [1.54, 1.807) is 0 Å². The molecule has 1 saturated heterocycles. The molecule has 1 atom stereocenters. The van der Waals surface area contributed by atoms with Gasteiger partial charge in [0.15, 0.2) is 0 Å². The van der Waals surface area contributed by atoms with Gasteiger partial charge >= 0.3 is 0 Å². The molecule has 1 aliphatic rings. The Morgan fingerprint density at radius 1 is 1.14 bits per heavy atom. The number of benzene rings is 1. The second kappa shape index (κ2) is 6.57. The van der Waals surface area contributed by atoms with Crippen LogP contribution < -0.4 is 0 Å². The second-order valence-electron chi connectivity index (χ2n) is 8.21. The van der Waals surface area contributed by atoms with Crippen molar-refractivity contribution in [1.29, 1.82) is 0 Å². The molecular formula is C19H29IO. The van der Waals surface area contributed by atoms with Crippen LogP contribution in [0.4, 0.5) is 0 Å². The lowest BCUT2D eigenvalue weighted by molar-refractivity contribution is 0.0144. The van der Waals surface area contributed by atoms with Gasteiger partial charge in [0.1, 0.15) is 0 Å². The van der Waals surface area contributed by atoms with Crippen LogP contribution >= 0.6 is 22.6 Å². The Labute approximate surface area is 144 Å². The zero-order valence-corrected chi connectivity index (χ0v) is 16.3. The van der Waals surface area contributed by atoms with Gasteiger partial charge in [0.2, 0.25) is 0 Å². The van der Waals surface area contributed by atoms with Gasteiger partial charge in [0.25, 0.3) is 0 Å². The summed E-state index contributed by atoms with van der Waals surface area (Å²) in [4.78, 5) is 0. The molecule has 21 heavy (non-hydrogen) atoms. The van der Waals surface area contributed by atoms with Crippen LogP contribution in [0.25, 0.3) is 0 Å². The normalized spacial score (nSPS) is 20.6. The lowest BCUT2D eigenvalue weighted by Crippen LogP contribution is -2.25. The van der Waals surface area contributed by atoms with Gasteiger partial charge in [0.05, 0.1) is 6.10 Å². The summed E-state index contributed by atoms with van der Waals surface area (Å²) in [5.74, 6) is 0. The van der Waals surface area contributed by atoms with E-state index < -0.39 is 0 Å². The Kier molecular flexibility index (Phi) is 5.40. The molecule has 2 heteroatoms. The summed E-state index contributed by atoms with van der Waals surface area (Å²) < 4.78 is 7.31. The highest BCUT2D eigenvalue weighted by Crippen LogP contribution is 2.38. The van der Waals surface area contributed by atoms with E-state index in [2.05, 4.69) is 75.4 Å². The summed E-state index contributed by atoms with van der Waals surface area (Å²) in [5.41, 5.74) is 3.39. The Balaban J connectivity index is 2.22. The predicted molar refractivity (Wildman–Crippen MR) is 98.8 cm³/mol. The third-order valence-corrected chi connectivity index (χ3v) is 5.21.